The molecule has 2 aromatic rings. The summed E-state index contributed by atoms with van der Waals surface area (Å²) >= 11 is 5.88. The maximum atomic E-state index is 12.0. The second-order valence-corrected chi connectivity index (χ2v) is 5.36. The van der Waals surface area contributed by atoms with Crippen molar-refractivity contribution in [3.63, 3.8) is 0 Å². The molecule has 110 valence electrons. The van der Waals surface area contributed by atoms with Gasteiger partial charge in [0.25, 0.3) is 5.91 Å². The van der Waals surface area contributed by atoms with Crippen molar-refractivity contribution in [3.05, 3.63) is 64.7 Å². The Kier molecular flexibility index (Phi) is 5.23. The van der Waals surface area contributed by atoms with Gasteiger partial charge in [-0.1, -0.05) is 47.5 Å². The molecular formula is C17H18ClNO2. The number of nitrogens with one attached hydrogen (secondary N) is 1. The Balaban J connectivity index is 1.86. The van der Waals surface area contributed by atoms with E-state index in [2.05, 4.69) is 5.32 Å². The molecule has 4 heteroatoms. The Morgan fingerprint density at radius 3 is 2.62 bits per heavy atom. The van der Waals surface area contributed by atoms with E-state index in [0.29, 0.717) is 17.3 Å². The standard InChI is InChI=1S/C17H18ClNO2/c1-12-6-8-14(9-7-12)11-19-17(20)13(2)21-16-5-3-4-15(18)10-16/h3-10,13H,11H2,1-2H3,(H,19,20). The van der Waals surface area contributed by atoms with Crippen LogP contribution in [-0.4, -0.2) is 12.0 Å². The van der Waals surface area contributed by atoms with Crippen LogP contribution in [0.4, 0.5) is 0 Å². The van der Waals surface area contributed by atoms with Gasteiger partial charge in [0.2, 0.25) is 0 Å². The van der Waals surface area contributed by atoms with Gasteiger partial charge in [-0.05, 0) is 37.6 Å². The number of carbonyl (C=O) groups is 1. The Hall–Kier alpha value is -2.00. The summed E-state index contributed by atoms with van der Waals surface area (Å²) in [6, 6.07) is 15.0. The SMILES string of the molecule is Cc1ccc(CNC(=O)C(C)Oc2cccc(Cl)c2)cc1. The number of rotatable bonds is 5. The number of amides is 1. The minimum Gasteiger partial charge on any atom is -0.481 e. The molecule has 1 N–H and O–H groups in total. The summed E-state index contributed by atoms with van der Waals surface area (Å²) in [5, 5.41) is 3.44. The number of carbonyl (C=O) groups excluding carboxylic acids is 1. The van der Waals surface area contributed by atoms with Gasteiger partial charge in [-0.15, -0.1) is 0 Å². The Bertz CT molecular complexity index is 610. The highest BCUT2D eigenvalue weighted by atomic mass is 35.5. The molecule has 0 spiro atoms. The zero-order valence-corrected chi connectivity index (χ0v) is 12.9. The number of benzene rings is 2. The van der Waals surface area contributed by atoms with E-state index in [0.717, 1.165) is 5.56 Å². The first kappa shape index (κ1) is 15.4. The molecule has 2 aromatic carbocycles. The maximum Gasteiger partial charge on any atom is 0.261 e. The Labute approximate surface area is 129 Å². The average molecular weight is 304 g/mol. The number of hydrogen-bond acceptors (Lipinski definition) is 2. The van der Waals surface area contributed by atoms with Gasteiger partial charge in [0.1, 0.15) is 5.75 Å². The van der Waals surface area contributed by atoms with Gasteiger partial charge < -0.3 is 10.1 Å². The normalized spacial score (nSPS) is 11.8. The van der Waals surface area contributed by atoms with Gasteiger partial charge in [0, 0.05) is 11.6 Å². The monoisotopic (exact) mass is 303 g/mol. The maximum absolute atomic E-state index is 12.0. The highest BCUT2D eigenvalue weighted by Crippen LogP contribution is 2.18. The molecule has 3 nitrogen and oxygen atoms in total. The van der Waals surface area contributed by atoms with Crippen LogP contribution in [0.1, 0.15) is 18.1 Å². The highest BCUT2D eigenvalue weighted by molar-refractivity contribution is 6.30. The van der Waals surface area contributed by atoms with E-state index in [9.17, 15) is 4.79 Å². The third-order valence-electron chi connectivity index (χ3n) is 3.07. The summed E-state index contributed by atoms with van der Waals surface area (Å²) in [5.41, 5.74) is 2.26. The van der Waals surface area contributed by atoms with Crippen molar-refractivity contribution in [2.45, 2.75) is 26.5 Å². The third kappa shape index (κ3) is 4.80. The fraction of sp³-hybridized carbons (Fsp3) is 0.235. The topological polar surface area (TPSA) is 38.3 Å². The van der Waals surface area contributed by atoms with Crippen LogP contribution in [0.2, 0.25) is 5.02 Å². The molecule has 0 fully saturated rings. The lowest BCUT2D eigenvalue weighted by molar-refractivity contribution is -0.127. The molecule has 2 rings (SSSR count). The van der Waals surface area contributed by atoms with Crippen LogP contribution < -0.4 is 10.1 Å². The first-order chi connectivity index (χ1) is 10.0. The second-order valence-electron chi connectivity index (χ2n) is 4.92. The molecule has 1 unspecified atom stereocenters. The highest BCUT2D eigenvalue weighted by Gasteiger charge is 2.14. The summed E-state index contributed by atoms with van der Waals surface area (Å²) < 4.78 is 5.57. The second kappa shape index (κ2) is 7.14. The van der Waals surface area contributed by atoms with Gasteiger partial charge in [-0.3, -0.25) is 4.79 Å². The zero-order valence-electron chi connectivity index (χ0n) is 12.1. The summed E-state index contributed by atoms with van der Waals surface area (Å²) in [6.45, 7) is 4.23. The van der Waals surface area contributed by atoms with Crippen LogP contribution in [0, 0.1) is 6.92 Å². The van der Waals surface area contributed by atoms with E-state index >= 15 is 0 Å². The Morgan fingerprint density at radius 1 is 1.24 bits per heavy atom. The van der Waals surface area contributed by atoms with Gasteiger partial charge in [0.05, 0.1) is 0 Å². The van der Waals surface area contributed by atoms with Gasteiger partial charge >= 0.3 is 0 Å². The third-order valence-corrected chi connectivity index (χ3v) is 3.30. The molecule has 0 aliphatic carbocycles. The first-order valence-electron chi connectivity index (χ1n) is 6.80. The first-order valence-corrected chi connectivity index (χ1v) is 7.18. The fourth-order valence-electron chi connectivity index (χ4n) is 1.84. The zero-order chi connectivity index (χ0) is 15.2. The van der Waals surface area contributed by atoms with E-state index in [1.54, 1.807) is 31.2 Å². The van der Waals surface area contributed by atoms with Crippen molar-refractivity contribution in [2.75, 3.05) is 0 Å². The van der Waals surface area contributed by atoms with Gasteiger partial charge in [-0.25, -0.2) is 0 Å². The molecule has 21 heavy (non-hydrogen) atoms. The van der Waals surface area contributed by atoms with Crippen LogP contribution >= 0.6 is 11.6 Å². The van der Waals surface area contributed by atoms with Crippen molar-refractivity contribution in [3.8, 4) is 5.75 Å². The minimum absolute atomic E-state index is 0.157. The van der Waals surface area contributed by atoms with Crippen molar-refractivity contribution in [1.29, 1.82) is 0 Å². The molecule has 1 amide bonds. The molecule has 0 aromatic heterocycles. The van der Waals surface area contributed by atoms with Crippen molar-refractivity contribution in [1.82, 2.24) is 5.32 Å². The molecule has 0 saturated carbocycles. The smallest absolute Gasteiger partial charge is 0.261 e. The molecule has 0 heterocycles. The molecule has 0 saturated heterocycles. The summed E-state index contributed by atoms with van der Waals surface area (Å²) in [6.07, 6.45) is -0.575. The van der Waals surface area contributed by atoms with Gasteiger partial charge in [-0.2, -0.15) is 0 Å². The van der Waals surface area contributed by atoms with E-state index in [-0.39, 0.29) is 5.91 Å². The quantitative estimate of drug-likeness (QED) is 0.914. The lowest BCUT2D eigenvalue weighted by Crippen LogP contribution is -2.35. The van der Waals surface area contributed by atoms with E-state index in [4.69, 9.17) is 16.3 Å². The van der Waals surface area contributed by atoms with E-state index in [1.165, 1.54) is 5.56 Å². The molecule has 0 aliphatic heterocycles. The minimum atomic E-state index is -0.575. The summed E-state index contributed by atoms with van der Waals surface area (Å²) in [7, 11) is 0. The van der Waals surface area contributed by atoms with Crippen LogP contribution in [0.5, 0.6) is 5.75 Å². The van der Waals surface area contributed by atoms with Gasteiger partial charge in [0.15, 0.2) is 6.10 Å². The van der Waals surface area contributed by atoms with E-state index in [1.807, 2.05) is 31.2 Å². The summed E-state index contributed by atoms with van der Waals surface area (Å²) in [5.74, 6) is 0.427. The molecular weight excluding hydrogens is 286 g/mol. The largest absolute Gasteiger partial charge is 0.481 e. The molecule has 0 radical (unpaired) electrons. The fourth-order valence-corrected chi connectivity index (χ4v) is 2.02. The van der Waals surface area contributed by atoms with Crippen LogP contribution in [0.25, 0.3) is 0 Å². The molecule has 0 aliphatic rings. The molecule has 0 bridgehead atoms. The average Bonchev–Trinajstić information content (AvgIpc) is 2.46. The van der Waals surface area contributed by atoms with Crippen molar-refractivity contribution in [2.24, 2.45) is 0 Å². The lowest BCUT2D eigenvalue weighted by atomic mass is 10.1. The number of ether oxygens (including phenoxy) is 1. The van der Waals surface area contributed by atoms with E-state index < -0.39 is 6.10 Å². The lowest BCUT2D eigenvalue weighted by Gasteiger charge is -2.15. The van der Waals surface area contributed by atoms with Crippen molar-refractivity contribution >= 4 is 17.5 Å². The van der Waals surface area contributed by atoms with Crippen LogP contribution in [0.3, 0.4) is 0 Å². The van der Waals surface area contributed by atoms with Crippen LogP contribution in [-0.2, 0) is 11.3 Å². The number of hydrogen-bond donors (Lipinski definition) is 1. The predicted octanol–water partition coefficient (Wildman–Crippen LogP) is 3.73. The van der Waals surface area contributed by atoms with Crippen molar-refractivity contribution < 1.29 is 9.53 Å². The predicted molar refractivity (Wildman–Crippen MR) is 84.6 cm³/mol. The number of aryl methyl sites for hydroxylation is 1. The van der Waals surface area contributed by atoms with Crippen LogP contribution in [0.15, 0.2) is 48.5 Å². The summed E-state index contributed by atoms with van der Waals surface area (Å²) in [4.78, 5) is 12.0. The molecule has 1 atom stereocenters. The Morgan fingerprint density at radius 2 is 1.95 bits per heavy atom. The number of halogens is 1.